The fourth-order valence-corrected chi connectivity index (χ4v) is 3.71. The normalized spacial score (nSPS) is 17.4. The number of hydrogen-bond donors (Lipinski definition) is 3. The Morgan fingerprint density at radius 3 is 2.94 bits per heavy atom. The van der Waals surface area contributed by atoms with Gasteiger partial charge in [0.2, 0.25) is 5.75 Å². The van der Waals surface area contributed by atoms with E-state index in [2.05, 4.69) is 20.4 Å². The van der Waals surface area contributed by atoms with Crippen LogP contribution in [0.5, 0.6) is 5.75 Å². The van der Waals surface area contributed by atoms with Gasteiger partial charge in [-0.2, -0.15) is 0 Å². The minimum atomic E-state index is -1.46. The van der Waals surface area contributed by atoms with Crippen molar-refractivity contribution in [1.29, 1.82) is 0 Å². The van der Waals surface area contributed by atoms with Crippen molar-refractivity contribution in [2.75, 3.05) is 18.4 Å². The summed E-state index contributed by atoms with van der Waals surface area (Å²) < 4.78 is 5.95. The SMILES string of the molecule is Cn1c(C2CCCN(C(=O)c3ccccn3)C2)nc(C(O)Nc2cnoc2)c(O)c1=O. The molecule has 0 aliphatic carbocycles. The maximum absolute atomic E-state index is 12.8. The van der Waals surface area contributed by atoms with Gasteiger partial charge in [-0.3, -0.25) is 19.1 Å². The van der Waals surface area contributed by atoms with Gasteiger partial charge in [0.05, 0.1) is 11.9 Å². The summed E-state index contributed by atoms with van der Waals surface area (Å²) in [6, 6.07) is 5.15. The molecule has 3 aromatic heterocycles. The lowest BCUT2D eigenvalue weighted by molar-refractivity contribution is 0.0696. The van der Waals surface area contributed by atoms with Gasteiger partial charge in [-0.1, -0.05) is 11.2 Å². The summed E-state index contributed by atoms with van der Waals surface area (Å²) in [6.07, 6.45) is 4.13. The van der Waals surface area contributed by atoms with Crippen LogP contribution in [-0.2, 0) is 7.05 Å². The second-order valence-corrected chi connectivity index (χ2v) is 7.33. The van der Waals surface area contributed by atoms with Gasteiger partial charge in [0.15, 0.2) is 6.23 Å². The Labute approximate surface area is 177 Å². The summed E-state index contributed by atoms with van der Waals surface area (Å²) in [6.45, 7) is 0.914. The smallest absolute Gasteiger partial charge is 0.295 e. The molecule has 1 aliphatic heterocycles. The highest BCUT2D eigenvalue weighted by Crippen LogP contribution is 2.29. The van der Waals surface area contributed by atoms with E-state index in [-0.39, 0.29) is 17.5 Å². The monoisotopic (exact) mass is 426 g/mol. The van der Waals surface area contributed by atoms with Gasteiger partial charge in [-0.25, -0.2) is 4.98 Å². The van der Waals surface area contributed by atoms with Crippen molar-refractivity contribution in [3.63, 3.8) is 0 Å². The van der Waals surface area contributed by atoms with Gasteiger partial charge in [0.25, 0.3) is 11.5 Å². The predicted octanol–water partition coefficient (Wildman–Crippen LogP) is 0.992. The molecule has 0 saturated carbocycles. The highest BCUT2D eigenvalue weighted by atomic mass is 16.5. The number of rotatable bonds is 5. The van der Waals surface area contributed by atoms with Crippen molar-refractivity contribution in [3.8, 4) is 5.75 Å². The predicted molar refractivity (Wildman–Crippen MR) is 108 cm³/mol. The third kappa shape index (κ3) is 4.12. The van der Waals surface area contributed by atoms with Crippen LogP contribution in [0.25, 0.3) is 0 Å². The number of amides is 1. The summed E-state index contributed by atoms with van der Waals surface area (Å²) in [5.41, 5.74) is -0.169. The maximum Gasteiger partial charge on any atom is 0.295 e. The van der Waals surface area contributed by atoms with Crippen LogP contribution in [0, 0.1) is 0 Å². The van der Waals surface area contributed by atoms with Gasteiger partial charge in [-0.05, 0) is 25.0 Å². The molecule has 0 radical (unpaired) electrons. The standard InChI is InChI=1S/C20H22N6O5/c1-25-17(12-5-4-8-26(10-12)19(29)14-6-2-3-7-21-14)24-15(16(27)20(25)30)18(28)23-13-9-22-31-11-13/h2-3,6-7,9,11-12,18,23,27-28H,4-5,8,10H2,1H3. The first kappa shape index (κ1) is 20.5. The molecule has 3 N–H and O–H groups in total. The molecule has 1 saturated heterocycles. The van der Waals surface area contributed by atoms with E-state index in [1.54, 1.807) is 29.3 Å². The minimum absolute atomic E-state index is 0.191. The van der Waals surface area contributed by atoms with Gasteiger partial charge in [0.1, 0.15) is 23.5 Å². The minimum Gasteiger partial charge on any atom is -0.502 e. The van der Waals surface area contributed by atoms with Crippen molar-refractivity contribution >= 4 is 11.6 Å². The van der Waals surface area contributed by atoms with Crippen molar-refractivity contribution in [1.82, 2.24) is 24.6 Å². The largest absolute Gasteiger partial charge is 0.502 e. The summed E-state index contributed by atoms with van der Waals surface area (Å²) in [5, 5.41) is 26.9. The zero-order valence-electron chi connectivity index (χ0n) is 16.8. The molecule has 2 unspecified atom stereocenters. The average molecular weight is 426 g/mol. The highest BCUT2D eigenvalue weighted by Gasteiger charge is 2.30. The van der Waals surface area contributed by atoms with Crippen LogP contribution in [0.2, 0.25) is 0 Å². The van der Waals surface area contributed by atoms with Crippen LogP contribution in [-0.4, -0.2) is 53.8 Å². The molecule has 11 heteroatoms. The molecule has 4 heterocycles. The molecule has 1 fully saturated rings. The second kappa shape index (κ2) is 8.56. The van der Waals surface area contributed by atoms with E-state index in [0.717, 1.165) is 6.42 Å². The van der Waals surface area contributed by atoms with E-state index >= 15 is 0 Å². The molecule has 4 rings (SSSR count). The first-order chi connectivity index (χ1) is 15.0. The Hall–Kier alpha value is -3.73. The van der Waals surface area contributed by atoms with E-state index < -0.39 is 17.5 Å². The number of nitrogens with one attached hydrogen (secondary N) is 1. The Kier molecular flexibility index (Phi) is 5.67. The highest BCUT2D eigenvalue weighted by molar-refractivity contribution is 5.92. The molecule has 0 bridgehead atoms. The van der Waals surface area contributed by atoms with Crippen molar-refractivity contribution in [2.24, 2.45) is 7.05 Å². The third-order valence-corrected chi connectivity index (χ3v) is 5.28. The quantitative estimate of drug-likeness (QED) is 0.508. The number of anilines is 1. The fraction of sp³-hybridized carbons (Fsp3) is 0.350. The van der Waals surface area contributed by atoms with Crippen LogP contribution in [0.15, 0.2) is 46.2 Å². The van der Waals surface area contributed by atoms with E-state index in [1.807, 2.05) is 0 Å². The zero-order chi connectivity index (χ0) is 22.0. The average Bonchev–Trinajstić information content (AvgIpc) is 3.31. The number of carbonyl (C=O) groups excluding carboxylic acids is 1. The number of aliphatic hydroxyl groups is 1. The lowest BCUT2D eigenvalue weighted by Gasteiger charge is -2.33. The number of aromatic hydroxyl groups is 1. The molecule has 1 aliphatic rings. The fourth-order valence-electron chi connectivity index (χ4n) is 3.71. The Morgan fingerprint density at radius 1 is 1.39 bits per heavy atom. The van der Waals surface area contributed by atoms with Crippen molar-refractivity contribution in [2.45, 2.75) is 25.0 Å². The Morgan fingerprint density at radius 2 is 2.23 bits per heavy atom. The number of pyridine rings is 1. The molecule has 1 amide bonds. The number of aromatic nitrogens is 4. The Bertz CT molecular complexity index is 1120. The molecule has 162 valence electrons. The van der Waals surface area contributed by atoms with Gasteiger partial charge < -0.3 is 25.0 Å². The maximum atomic E-state index is 12.8. The number of nitrogens with zero attached hydrogens (tertiary/aromatic N) is 5. The van der Waals surface area contributed by atoms with E-state index in [4.69, 9.17) is 4.52 Å². The van der Waals surface area contributed by atoms with Crippen molar-refractivity contribution < 1.29 is 19.5 Å². The molecule has 31 heavy (non-hydrogen) atoms. The molecule has 0 aromatic carbocycles. The van der Waals surface area contributed by atoms with Crippen molar-refractivity contribution in [3.05, 3.63) is 64.4 Å². The zero-order valence-corrected chi connectivity index (χ0v) is 16.8. The molecular formula is C20H22N6O5. The van der Waals surface area contributed by atoms with Crippen LogP contribution in [0.3, 0.4) is 0 Å². The number of piperidine rings is 1. The van der Waals surface area contributed by atoms with E-state index in [9.17, 15) is 19.8 Å². The lowest BCUT2D eigenvalue weighted by atomic mass is 9.96. The number of aliphatic hydroxyl groups excluding tert-OH is 1. The van der Waals surface area contributed by atoms with Crippen LogP contribution >= 0.6 is 0 Å². The number of carbonyl (C=O) groups is 1. The molecule has 3 aromatic rings. The Balaban J connectivity index is 1.61. The van der Waals surface area contributed by atoms with Gasteiger partial charge in [0, 0.05) is 32.3 Å². The summed E-state index contributed by atoms with van der Waals surface area (Å²) in [7, 11) is 1.51. The lowest BCUT2D eigenvalue weighted by Crippen LogP contribution is -2.41. The second-order valence-electron chi connectivity index (χ2n) is 7.33. The molecule has 2 atom stereocenters. The van der Waals surface area contributed by atoms with Crippen LogP contribution in [0.1, 0.15) is 47.0 Å². The van der Waals surface area contributed by atoms with E-state index in [1.165, 1.54) is 24.1 Å². The number of hydrogen-bond acceptors (Lipinski definition) is 9. The molecular weight excluding hydrogens is 404 g/mol. The number of likely N-dealkylation sites (tertiary alicyclic amines) is 1. The summed E-state index contributed by atoms with van der Waals surface area (Å²) in [5.74, 6) is -0.716. The first-order valence-electron chi connectivity index (χ1n) is 9.79. The first-order valence-corrected chi connectivity index (χ1v) is 9.79. The van der Waals surface area contributed by atoms with Gasteiger partial charge >= 0.3 is 0 Å². The third-order valence-electron chi connectivity index (χ3n) is 5.28. The summed E-state index contributed by atoms with van der Waals surface area (Å²) in [4.78, 5) is 35.6. The van der Waals surface area contributed by atoms with Crippen LogP contribution < -0.4 is 10.9 Å². The summed E-state index contributed by atoms with van der Waals surface area (Å²) >= 11 is 0. The molecule has 11 nitrogen and oxygen atoms in total. The van der Waals surface area contributed by atoms with Crippen LogP contribution in [0.4, 0.5) is 5.69 Å². The topological polar surface area (TPSA) is 147 Å². The van der Waals surface area contributed by atoms with Gasteiger partial charge in [-0.15, -0.1) is 0 Å². The van der Waals surface area contributed by atoms with E-state index in [0.29, 0.717) is 36.7 Å². The molecule has 0 spiro atoms.